The summed E-state index contributed by atoms with van der Waals surface area (Å²) in [7, 11) is 0. The van der Waals surface area contributed by atoms with Gasteiger partial charge in [0.15, 0.2) is 0 Å². The first-order valence-electron chi connectivity index (χ1n) is 1.44. The lowest BCUT2D eigenvalue weighted by Crippen LogP contribution is -1.50. The molecule has 0 bridgehead atoms. The van der Waals surface area contributed by atoms with Crippen LogP contribution in [0.2, 0.25) is 0 Å². The van der Waals surface area contributed by atoms with Crippen LogP contribution < -0.4 is 0 Å². The van der Waals surface area contributed by atoms with Gasteiger partial charge in [-0.1, -0.05) is 0 Å². The van der Waals surface area contributed by atoms with E-state index in [1.165, 1.54) is 0 Å². The molecule has 1 aliphatic carbocycles. The molecule has 0 aromatic carbocycles. The van der Waals surface area contributed by atoms with E-state index in [-0.39, 0.29) is 0 Å². The van der Waals surface area contributed by atoms with Gasteiger partial charge in [-0.2, -0.15) is 0 Å². The van der Waals surface area contributed by atoms with E-state index in [4.69, 9.17) is 0 Å². The minimum absolute atomic E-state index is 0.994. The molecule has 0 aliphatic heterocycles. The van der Waals surface area contributed by atoms with E-state index >= 15 is 0 Å². The van der Waals surface area contributed by atoms with Crippen molar-refractivity contribution in [2.75, 3.05) is 0 Å². The van der Waals surface area contributed by atoms with Crippen LogP contribution in [0.3, 0.4) is 0 Å². The first-order chi connectivity index (χ1) is 2.43. The molecule has 0 saturated heterocycles. The molecule has 1 rings (SSSR count). The van der Waals surface area contributed by atoms with Crippen molar-refractivity contribution in [3.8, 4) is 0 Å². The average Bonchev–Trinajstić information content (AvgIpc) is 2.12. The summed E-state index contributed by atoms with van der Waals surface area (Å²) in [5.74, 6) is 0.994. The predicted octanol–water partition coefficient (Wildman–Crippen LogP) is 1.14. The third-order valence-corrected chi connectivity index (χ3v) is 0.723. The minimum atomic E-state index is 0.994. The van der Waals surface area contributed by atoms with Crippen LogP contribution in [0.4, 0.5) is 0 Å². The standard InChI is InChI=1S/C3H4OS/c5-4-3-1-2-3/h1,5H,2H2. The van der Waals surface area contributed by atoms with Gasteiger partial charge in [-0.05, 0) is 6.08 Å². The lowest BCUT2D eigenvalue weighted by Gasteiger charge is -1.76. The van der Waals surface area contributed by atoms with Crippen molar-refractivity contribution in [3.63, 3.8) is 0 Å². The fourth-order valence-electron chi connectivity index (χ4n) is 0.116. The minimum Gasteiger partial charge on any atom is -0.433 e. The summed E-state index contributed by atoms with van der Waals surface area (Å²) < 4.78 is 4.42. The maximum atomic E-state index is 4.42. The van der Waals surface area contributed by atoms with E-state index in [0.29, 0.717) is 0 Å². The quantitative estimate of drug-likeness (QED) is 0.373. The predicted molar refractivity (Wildman–Crippen MR) is 22.8 cm³/mol. The summed E-state index contributed by atoms with van der Waals surface area (Å²) in [6.07, 6.45) is 2.97. The van der Waals surface area contributed by atoms with Crippen molar-refractivity contribution < 1.29 is 4.18 Å². The number of hydrogen-bond donors (Lipinski definition) is 1. The smallest absolute Gasteiger partial charge is 0.114 e. The Kier molecular flexibility index (Phi) is 0.580. The zero-order chi connectivity index (χ0) is 3.70. The van der Waals surface area contributed by atoms with Crippen molar-refractivity contribution in [2.45, 2.75) is 6.42 Å². The van der Waals surface area contributed by atoms with E-state index < -0.39 is 0 Å². The van der Waals surface area contributed by atoms with Crippen molar-refractivity contribution in [2.24, 2.45) is 0 Å². The third-order valence-electron chi connectivity index (χ3n) is 0.488. The van der Waals surface area contributed by atoms with Gasteiger partial charge in [0.2, 0.25) is 0 Å². The van der Waals surface area contributed by atoms with Gasteiger partial charge in [-0.15, -0.1) is 0 Å². The van der Waals surface area contributed by atoms with E-state index in [9.17, 15) is 0 Å². The summed E-state index contributed by atoms with van der Waals surface area (Å²) in [6, 6.07) is 0. The maximum absolute atomic E-state index is 4.42. The Morgan fingerprint density at radius 2 is 2.60 bits per heavy atom. The second-order valence-electron chi connectivity index (χ2n) is 0.966. The SMILES string of the molecule is SOC1=CC1. The van der Waals surface area contributed by atoms with Crippen LogP contribution in [0.15, 0.2) is 11.8 Å². The van der Waals surface area contributed by atoms with Gasteiger partial charge in [0.1, 0.15) is 5.76 Å². The Labute approximate surface area is 36.3 Å². The first-order valence-corrected chi connectivity index (χ1v) is 1.80. The second-order valence-corrected chi connectivity index (χ2v) is 1.15. The van der Waals surface area contributed by atoms with E-state index in [0.717, 1.165) is 12.2 Å². The fourth-order valence-corrected chi connectivity index (χ4v) is 0.265. The molecule has 1 nitrogen and oxygen atoms in total. The molecule has 0 atom stereocenters. The van der Waals surface area contributed by atoms with Gasteiger partial charge < -0.3 is 4.18 Å². The summed E-state index contributed by atoms with van der Waals surface area (Å²) in [5, 5.41) is 0. The lowest BCUT2D eigenvalue weighted by atomic mass is 10.9. The van der Waals surface area contributed by atoms with E-state index in [1.807, 2.05) is 6.08 Å². The Bertz CT molecular complexity index is 67.3. The molecular formula is C3H4OS. The summed E-state index contributed by atoms with van der Waals surface area (Å²) in [5.41, 5.74) is 0. The molecule has 5 heavy (non-hydrogen) atoms. The van der Waals surface area contributed by atoms with E-state index in [1.54, 1.807) is 0 Å². The molecule has 0 aromatic rings. The van der Waals surface area contributed by atoms with Gasteiger partial charge in [-0.3, -0.25) is 0 Å². The number of hydrogen-bond acceptors (Lipinski definition) is 2. The van der Waals surface area contributed by atoms with Crippen LogP contribution in [0, 0.1) is 0 Å². The highest BCUT2D eigenvalue weighted by Crippen LogP contribution is 2.19. The summed E-state index contributed by atoms with van der Waals surface area (Å²) in [4.78, 5) is 0. The molecule has 28 valence electrons. The molecule has 0 amide bonds. The van der Waals surface area contributed by atoms with Gasteiger partial charge >= 0.3 is 0 Å². The molecule has 0 N–H and O–H groups in total. The Hall–Kier alpha value is -0.110. The highest BCUT2D eigenvalue weighted by atomic mass is 32.1. The van der Waals surface area contributed by atoms with Crippen LogP contribution >= 0.6 is 12.9 Å². The zero-order valence-electron chi connectivity index (χ0n) is 2.64. The maximum Gasteiger partial charge on any atom is 0.114 e. The first kappa shape index (κ1) is 3.09. The molecule has 1 aliphatic rings. The number of rotatable bonds is 1. The molecule has 0 spiro atoms. The summed E-state index contributed by atoms with van der Waals surface area (Å²) in [6.45, 7) is 0. The third kappa shape index (κ3) is 0.581. The van der Waals surface area contributed by atoms with Crippen molar-refractivity contribution in [1.29, 1.82) is 0 Å². The zero-order valence-corrected chi connectivity index (χ0v) is 3.53. The molecule has 0 radical (unpaired) electrons. The molecule has 0 saturated carbocycles. The van der Waals surface area contributed by atoms with Crippen LogP contribution in [-0.2, 0) is 4.18 Å². The largest absolute Gasteiger partial charge is 0.433 e. The molecule has 2 heteroatoms. The Morgan fingerprint density at radius 3 is 2.60 bits per heavy atom. The number of allylic oxidation sites excluding steroid dienone is 2. The van der Waals surface area contributed by atoms with Crippen LogP contribution in [-0.4, -0.2) is 0 Å². The van der Waals surface area contributed by atoms with Crippen LogP contribution in [0.25, 0.3) is 0 Å². The lowest BCUT2D eigenvalue weighted by molar-refractivity contribution is 0.536. The van der Waals surface area contributed by atoms with Crippen molar-refractivity contribution >= 4 is 12.9 Å². The van der Waals surface area contributed by atoms with E-state index in [2.05, 4.69) is 17.1 Å². The number of thiol groups is 1. The van der Waals surface area contributed by atoms with Gasteiger partial charge in [-0.25, -0.2) is 0 Å². The molecule has 0 aromatic heterocycles. The Morgan fingerprint density at radius 1 is 2.00 bits per heavy atom. The van der Waals surface area contributed by atoms with Gasteiger partial charge in [0.05, 0.1) is 0 Å². The molecule has 0 unspecified atom stereocenters. The Balaban J connectivity index is 2.22. The summed E-state index contributed by atoms with van der Waals surface area (Å²) >= 11 is 3.51. The van der Waals surface area contributed by atoms with Crippen LogP contribution in [0.5, 0.6) is 0 Å². The van der Waals surface area contributed by atoms with Gasteiger partial charge in [0, 0.05) is 19.3 Å². The monoisotopic (exact) mass is 88.0 g/mol. The van der Waals surface area contributed by atoms with Crippen molar-refractivity contribution in [1.82, 2.24) is 0 Å². The topological polar surface area (TPSA) is 9.23 Å². The molecule has 0 heterocycles. The fraction of sp³-hybridized carbons (Fsp3) is 0.333. The van der Waals surface area contributed by atoms with Crippen LogP contribution in [0.1, 0.15) is 6.42 Å². The second kappa shape index (κ2) is 0.937. The molecular weight excluding hydrogens is 84.1 g/mol. The average molecular weight is 88.1 g/mol. The van der Waals surface area contributed by atoms with Gasteiger partial charge in [0.25, 0.3) is 0 Å². The highest BCUT2D eigenvalue weighted by Gasteiger charge is 2.04. The van der Waals surface area contributed by atoms with Crippen molar-refractivity contribution in [3.05, 3.63) is 11.8 Å². The molecule has 0 fully saturated rings. The normalized spacial score (nSPS) is 17.4. The highest BCUT2D eigenvalue weighted by molar-refractivity contribution is 7.75.